The van der Waals surface area contributed by atoms with E-state index in [0.29, 0.717) is 0 Å². The lowest BCUT2D eigenvalue weighted by Gasteiger charge is -1.85. The number of para-hydroxylation sites is 1. The maximum Gasteiger partial charge on any atom is 0.269 e. The molecule has 0 aliphatic heterocycles. The average molecular weight is 168 g/mol. The van der Waals surface area contributed by atoms with Gasteiger partial charge in [0, 0.05) is 12.1 Å². The Kier molecular flexibility index (Phi) is 5.55. The molecule has 0 saturated heterocycles. The van der Waals surface area contributed by atoms with Crippen LogP contribution in [0.15, 0.2) is 30.3 Å². The predicted molar refractivity (Wildman–Crippen MR) is 47.8 cm³/mol. The highest BCUT2D eigenvalue weighted by Gasteiger charge is 1.98. The molecule has 0 saturated carbocycles. The lowest BCUT2D eigenvalue weighted by atomic mass is 10.3. The molecule has 12 heavy (non-hydrogen) atoms. The van der Waals surface area contributed by atoms with E-state index in [1.54, 1.807) is 18.2 Å². The molecule has 0 unspecified atom stereocenters. The van der Waals surface area contributed by atoms with Crippen LogP contribution in [0.3, 0.4) is 0 Å². The van der Waals surface area contributed by atoms with Crippen LogP contribution >= 0.6 is 0 Å². The molecule has 0 aromatic heterocycles. The second kappa shape index (κ2) is 6.30. The first-order valence-corrected chi connectivity index (χ1v) is 3.61. The largest absolute Gasteiger partial charge is 0.331 e. The molecular formula is C8H12N2O2. The molecule has 4 heteroatoms. The Morgan fingerprint density at radius 1 is 1.42 bits per heavy atom. The van der Waals surface area contributed by atoms with E-state index in [-0.39, 0.29) is 5.69 Å². The third-order valence-corrected chi connectivity index (χ3v) is 0.967. The lowest BCUT2D eigenvalue weighted by molar-refractivity contribution is -0.384. The van der Waals surface area contributed by atoms with E-state index < -0.39 is 4.92 Å². The first-order chi connectivity index (χ1) is 5.72. The Hall–Kier alpha value is -1.42. The molecule has 0 atom stereocenters. The summed E-state index contributed by atoms with van der Waals surface area (Å²) in [6.45, 7) is 2.65. The number of hydrogen-bond acceptors (Lipinski definition) is 3. The van der Waals surface area contributed by atoms with Crippen LogP contribution in [0.1, 0.15) is 6.92 Å². The van der Waals surface area contributed by atoms with Crippen LogP contribution in [0, 0.1) is 10.1 Å². The van der Waals surface area contributed by atoms with Crippen molar-refractivity contribution in [2.45, 2.75) is 6.92 Å². The third-order valence-electron chi connectivity index (χ3n) is 0.967. The van der Waals surface area contributed by atoms with Crippen LogP contribution in [0.2, 0.25) is 0 Å². The van der Waals surface area contributed by atoms with Crippen molar-refractivity contribution in [3.8, 4) is 0 Å². The van der Waals surface area contributed by atoms with E-state index in [2.05, 4.69) is 0 Å². The van der Waals surface area contributed by atoms with Crippen molar-refractivity contribution < 1.29 is 4.92 Å². The zero-order valence-electron chi connectivity index (χ0n) is 6.93. The number of nitro groups is 1. The third kappa shape index (κ3) is 4.40. The van der Waals surface area contributed by atoms with Crippen molar-refractivity contribution in [2.24, 2.45) is 5.73 Å². The molecule has 0 fully saturated rings. The summed E-state index contributed by atoms with van der Waals surface area (Å²) in [5.74, 6) is 0. The second-order valence-corrected chi connectivity index (χ2v) is 2.00. The molecule has 1 aromatic rings. The minimum absolute atomic E-state index is 0.137. The van der Waals surface area contributed by atoms with Gasteiger partial charge in [0.1, 0.15) is 0 Å². The van der Waals surface area contributed by atoms with Crippen molar-refractivity contribution in [3.63, 3.8) is 0 Å². The zero-order valence-corrected chi connectivity index (χ0v) is 6.93. The number of hydrogen-bond donors (Lipinski definition) is 1. The number of non-ortho nitro benzene ring substituents is 1. The minimum Gasteiger partial charge on any atom is -0.331 e. The fourth-order valence-corrected chi connectivity index (χ4v) is 0.550. The van der Waals surface area contributed by atoms with Gasteiger partial charge in [0.05, 0.1) is 4.92 Å². The van der Waals surface area contributed by atoms with Crippen LogP contribution < -0.4 is 5.73 Å². The predicted octanol–water partition coefficient (Wildman–Crippen LogP) is 1.56. The van der Waals surface area contributed by atoms with Gasteiger partial charge in [-0.05, 0) is 6.54 Å². The fourth-order valence-electron chi connectivity index (χ4n) is 0.550. The molecule has 0 radical (unpaired) electrons. The van der Waals surface area contributed by atoms with Gasteiger partial charge in [0.2, 0.25) is 0 Å². The first-order valence-electron chi connectivity index (χ1n) is 3.61. The summed E-state index contributed by atoms with van der Waals surface area (Å²) < 4.78 is 0. The molecular weight excluding hydrogens is 156 g/mol. The summed E-state index contributed by atoms with van der Waals surface area (Å²) in [6, 6.07) is 7.93. The van der Waals surface area contributed by atoms with Crippen LogP contribution in [0.4, 0.5) is 5.69 Å². The number of benzene rings is 1. The Labute approximate surface area is 71.2 Å². The normalized spacial score (nSPS) is 8.17. The van der Waals surface area contributed by atoms with Crippen LogP contribution in [0.25, 0.3) is 0 Å². The zero-order chi connectivity index (χ0) is 9.40. The van der Waals surface area contributed by atoms with Crippen LogP contribution in [0.5, 0.6) is 0 Å². The highest BCUT2D eigenvalue weighted by atomic mass is 16.6. The van der Waals surface area contributed by atoms with Gasteiger partial charge in [-0.25, -0.2) is 0 Å². The Morgan fingerprint density at radius 2 is 1.83 bits per heavy atom. The van der Waals surface area contributed by atoms with E-state index in [0.717, 1.165) is 6.54 Å². The van der Waals surface area contributed by atoms with Gasteiger partial charge < -0.3 is 5.73 Å². The molecule has 0 bridgehead atoms. The van der Waals surface area contributed by atoms with Crippen molar-refractivity contribution in [3.05, 3.63) is 40.4 Å². The van der Waals surface area contributed by atoms with Crippen LogP contribution in [-0.2, 0) is 0 Å². The summed E-state index contributed by atoms with van der Waals surface area (Å²) >= 11 is 0. The van der Waals surface area contributed by atoms with Crippen molar-refractivity contribution >= 4 is 5.69 Å². The maximum atomic E-state index is 10.0. The van der Waals surface area contributed by atoms with Gasteiger partial charge in [0.15, 0.2) is 0 Å². The summed E-state index contributed by atoms with van der Waals surface area (Å²) in [4.78, 5) is 9.59. The fraction of sp³-hybridized carbons (Fsp3) is 0.250. The molecule has 0 spiro atoms. The molecule has 0 heterocycles. The maximum absolute atomic E-state index is 10.0. The Balaban J connectivity index is 0.000000354. The van der Waals surface area contributed by atoms with Gasteiger partial charge >= 0.3 is 0 Å². The molecule has 0 aliphatic rings. The minimum atomic E-state index is -0.417. The Morgan fingerprint density at radius 3 is 2.08 bits per heavy atom. The van der Waals surface area contributed by atoms with E-state index in [9.17, 15) is 10.1 Å². The SMILES string of the molecule is CCN.O=[N+]([O-])c1ccccc1. The van der Waals surface area contributed by atoms with Gasteiger partial charge in [0.25, 0.3) is 5.69 Å². The molecule has 1 aromatic carbocycles. The Bertz CT molecular complexity index is 224. The molecule has 66 valence electrons. The lowest BCUT2D eigenvalue weighted by Crippen LogP contribution is -1.87. The summed E-state index contributed by atoms with van der Waals surface area (Å²) in [5.41, 5.74) is 4.98. The van der Waals surface area contributed by atoms with Crippen molar-refractivity contribution in [1.82, 2.24) is 0 Å². The molecule has 2 N–H and O–H groups in total. The summed E-state index contributed by atoms with van der Waals surface area (Å²) in [6.07, 6.45) is 0. The standard InChI is InChI=1S/C6H5NO2.C2H7N/c8-7(9)6-4-2-1-3-5-6;1-2-3/h1-5H;2-3H2,1H3. The molecule has 0 aliphatic carbocycles. The number of nitrogens with two attached hydrogens (primary N) is 1. The monoisotopic (exact) mass is 168 g/mol. The average Bonchev–Trinajstić information content (AvgIpc) is 2.07. The quantitative estimate of drug-likeness (QED) is 0.511. The second-order valence-electron chi connectivity index (χ2n) is 2.00. The highest BCUT2D eigenvalue weighted by molar-refractivity contribution is 5.27. The van der Waals surface area contributed by atoms with Crippen molar-refractivity contribution in [1.29, 1.82) is 0 Å². The van der Waals surface area contributed by atoms with E-state index in [4.69, 9.17) is 5.73 Å². The van der Waals surface area contributed by atoms with Crippen molar-refractivity contribution in [2.75, 3.05) is 6.54 Å². The van der Waals surface area contributed by atoms with Gasteiger partial charge in [-0.3, -0.25) is 10.1 Å². The number of nitrogens with zero attached hydrogens (tertiary/aromatic N) is 1. The molecule has 4 nitrogen and oxygen atoms in total. The highest BCUT2D eigenvalue weighted by Crippen LogP contribution is 2.06. The van der Waals surface area contributed by atoms with E-state index >= 15 is 0 Å². The summed E-state index contributed by atoms with van der Waals surface area (Å²) in [7, 11) is 0. The van der Waals surface area contributed by atoms with Gasteiger partial charge in [-0.2, -0.15) is 0 Å². The number of nitro benzene ring substituents is 1. The van der Waals surface area contributed by atoms with Gasteiger partial charge in [-0.1, -0.05) is 25.1 Å². The van der Waals surface area contributed by atoms with E-state index in [1.807, 2.05) is 6.92 Å². The summed E-state index contributed by atoms with van der Waals surface area (Å²) in [5, 5.41) is 10.0. The molecule has 1 rings (SSSR count). The first kappa shape index (κ1) is 10.6. The molecule has 0 amide bonds. The van der Waals surface area contributed by atoms with E-state index in [1.165, 1.54) is 12.1 Å². The van der Waals surface area contributed by atoms with Gasteiger partial charge in [-0.15, -0.1) is 0 Å². The number of rotatable bonds is 1. The topological polar surface area (TPSA) is 69.2 Å². The van der Waals surface area contributed by atoms with Crippen LogP contribution in [-0.4, -0.2) is 11.5 Å². The smallest absolute Gasteiger partial charge is 0.269 e.